The smallest absolute Gasteiger partial charge is 0.0348 e. The van der Waals surface area contributed by atoms with Crippen molar-refractivity contribution >= 4 is 0 Å². The van der Waals surface area contributed by atoms with Crippen molar-refractivity contribution in [1.82, 2.24) is 10.3 Å². The summed E-state index contributed by atoms with van der Waals surface area (Å²) in [6, 6.07) is 0.644. The molecule has 3 N–H and O–H groups in total. The third-order valence-electron chi connectivity index (χ3n) is 1.32. The predicted octanol–water partition coefficient (Wildman–Crippen LogP) is -1.24. The Morgan fingerprint density at radius 1 is 1.71 bits per heavy atom. The lowest BCUT2D eigenvalue weighted by atomic mass is 10.2. The molecule has 3 nitrogen and oxygen atoms in total. The first-order valence-electron chi connectivity index (χ1n) is 2.50. The molecule has 0 bridgehead atoms. The second kappa shape index (κ2) is 1.78. The van der Waals surface area contributed by atoms with Crippen LogP contribution >= 0.6 is 0 Å². The van der Waals surface area contributed by atoms with Crippen molar-refractivity contribution in [2.45, 2.75) is 6.04 Å². The molecule has 1 aliphatic heterocycles. The van der Waals surface area contributed by atoms with Crippen LogP contribution < -0.4 is 11.2 Å². The van der Waals surface area contributed by atoms with E-state index in [0.29, 0.717) is 6.04 Å². The van der Waals surface area contributed by atoms with Crippen LogP contribution in [0.15, 0.2) is 0 Å². The van der Waals surface area contributed by atoms with Crippen molar-refractivity contribution in [3.05, 3.63) is 0 Å². The zero-order valence-electron chi connectivity index (χ0n) is 4.52. The predicted molar refractivity (Wildman–Crippen MR) is 28.6 cm³/mol. The van der Waals surface area contributed by atoms with Crippen LogP contribution in [0.5, 0.6) is 0 Å². The highest BCUT2D eigenvalue weighted by molar-refractivity contribution is 4.79. The van der Waals surface area contributed by atoms with Crippen LogP contribution in [0.3, 0.4) is 0 Å². The van der Waals surface area contributed by atoms with Crippen molar-refractivity contribution in [1.29, 1.82) is 0 Å². The molecule has 0 aromatic rings. The molecule has 42 valence electrons. The third kappa shape index (κ3) is 0.907. The maximum absolute atomic E-state index is 5.34. The van der Waals surface area contributed by atoms with Crippen molar-refractivity contribution in [3.8, 4) is 0 Å². The van der Waals surface area contributed by atoms with E-state index in [1.807, 2.05) is 7.05 Å². The maximum atomic E-state index is 5.34. The molecule has 0 spiro atoms. The average molecular weight is 101 g/mol. The summed E-state index contributed by atoms with van der Waals surface area (Å²) >= 11 is 0. The number of rotatable bonds is 1. The van der Waals surface area contributed by atoms with Gasteiger partial charge in [-0.3, -0.25) is 5.84 Å². The fourth-order valence-corrected chi connectivity index (χ4v) is 0.695. The van der Waals surface area contributed by atoms with E-state index in [0.717, 1.165) is 13.1 Å². The molecule has 0 aromatic carbocycles. The largest absolute Gasteiger partial charge is 0.314 e. The van der Waals surface area contributed by atoms with Gasteiger partial charge in [-0.1, -0.05) is 0 Å². The number of hydrogen-bond acceptors (Lipinski definition) is 3. The Morgan fingerprint density at radius 3 is 2.43 bits per heavy atom. The minimum atomic E-state index is 0.644. The summed E-state index contributed by atoms with van der Waals surface area (Å²) in [6.07, 6.45) is 0. The van der Waals surface area contributed by atoms with Crippen molar-refractivity contribution in [2.24, 2.45) is 5.84 Å². The average Bonchev–Trinajstić information content (AvgIpc) is 1.58. The Bertz CT molecular complexity index is 58.0. The second-order valence-electron chi connectivity index (χ2n) is 1.94. The SMILES string of the molecule is CNC1CN(N)C1. The van der Waals surface area contributed by atoms with Crippen LogP contribution in [0.1, 0.15) is 0 Å². The van der Waals surface area contributed by atoms with E-state index in [1.54, 1.807) is 5.01 Å². The summed E-state index contributed by atoms with van der Waals surface area (Å²) in [5.74, 6) is 5.34. The molecule has 1 fully saturated rings. The van der Waals surface area contributed by atoms with Crippen molar-refractivity contribution in [2.75, 3.05) is 20.1 Å². The van der Waals surface area contributed by atoms with Gasteiger partial charge in [-0.25, -0.2) is 5.01 Å². The third-order valence-corrected chi connectivity index (χ3v) is 1.32. The minimum absolute atomic E-state index is 0.644. The van der Waals surface area contributed by atoms with Gasteiger partial charge in [-0.2, -0.15) is 0 Å². The van der Waals surface area contributed by atoms with Gasteiger partial charge < -0.3 is 5.32 Å². The Hall–Kier alpha value is -0.120. The van der Waals surface area contributed by atoms with Crippen LogP contribution in [0, 0.1) is 0 Å². The highest BCUT2D eigenvalue weighted by Gasteiger charge is 2.20. The molecule has 1 heterocycles. The van der Waals surface area contributed by atoms with E-state index in [9.17, 15) is 0 Å². The molecule has 0 atom stereocenters. The molecule has 0 aromatic heterocycles. The monoisotopic (exact) mass is 101 g/mol. The van der Waals surface area contributed by atoms with E-state index < -0.39 is 0 Å². The number of hydrazine groups is 1. The first kappa shape index (κ1) is 5.03. The van der Waals surface area contributed by atoms with Crippen LogP contribution in [0.25, 0.3) is 0 Å². The van der Waals surface area contributed by atoms with Gasteiger partial charge in [-0.15, -0.1) is 0 Å². The fourth-order valence-electron chi connectivity index (χ4n) is 0.695. The van der Waals surface area contributed by atoms with Crippen LogP contribution in [0.2, 0.25) is 0 Å². The summed E-state index contributed by atoms with van der Waals surface area (Å²) in [5.41, 5.74) is 0. The molecule has 0 amide bonds. The maximum Gasteiger partial charge on any atom is 0.0348 e. The highest BCUT2D eigenvalue weighted by atomic mass is 15.5. The molecule has 0 saturated carbocycles. The number of nitrogens with zero attached hydrogens (tertiary/aromatic N) is 1. The molecule has 1 rings (SSSR count). The van der Waals surface area contributed by atoms with Crippen LogP contribution in [-0.2, 0) is 0 Å². The molecule has 3 heteroatoms. The lowest BCUT2D eigenvalue weighted by Crippen LogP contribution is -2.59. The van der Waals surface area contributed by atoms with Crippen molar-refractivity contribution in [3.63, 3.8) is 0 Å². The standard InChI is InChI=1S/C4H11N3/c1-6-4-2-7(5)3-4/h4,6H,2-3,5H2,1H3. The van der Waals surface area contributed by atoms with Gasteiger partial charge in [0.1, 0.15) is 0 Å². The molecular weight excluding hydrogens is 90.1 g/mol. The van der Waals surface area contributed by atoms with Gasteiger partial charge in [0.05, 0.1) is 0 Å². The summed E-state index contributed by atoms with van der Waals surface area (Å²) in [7, 11) is 1.96. The minimum Gasteiger partial charge on any atom is -0.314 e. The highest BCUT2D eigenvalue weighted by Crippen LogP contribution is 1.98. The molecule has 0 unspecified atom stereocenters. The number of likely N-dealkylation sites (N-methyl/N-ethyl adjacent to an activating group) is 1. The lowest BCUT2D eigenvalue weighted by Gasteiger charge is -2.34. The normalized spacial score (nSPS) is 24.9. The topological polar surface area (TPSA) is 41.3 Å². The Balaban J connectivity index is 2.06. The summed E-state index contributed by atoms with van der Waals surface area (Å²) < 4.78 is 0. The van der Waals surface area contributed by atoms with Crippen LogP contribution in [0.4, 0.5) is 0 Å². The van der Waals surface area contributed by atoms with Gasteiger partial charge in [0.15, 0.2) is 0 Å². The molecule has 1 aliphatic rings. The number of nitrogens with two attached hydrogens (primary N) is 1. The quantitative estimate of drug-likeness (QED) is 0.406. The number of nitrogens with one attached hydrogen (secondary N) is 1. The summed E-state index contributed by atoms with van der Waals surface area (Å²) in [5, 5.41) is 4.90. The molecule has 0 radical (unpaired) electrons. The van der Waals surface area contributed by atoms with Crippen molar-refractivity contribution < 1.29 is 0 Å². The van der Waals surface area contributed by atoms with Gasteiger partial charge in [0.25, 0.3) is 0 Å². The van der Waals surface area contributed by atoms with Gasteiger partial charge in [0, 0.05) is 19.1 Å². The van der Waals surface area contributed by atoms with Gasteiger partial charge >= 0.3 is 0 Å². The molecule has 1 saturated heterocycles. The Kier molecular flexibility index (Phi) is 1.27. The van der Waals surface area contributed by atoms with E-state index in [2.05, 4.69) is 5.32 Å². The van der Waals surface area contributed by atoms with E-state index >= 15 is 0 Å². The summed E-state index contributed by atoms with van der Waals surface area (Å²) in [6.45, 7) is 1.99. The number of hydrogen-bond donors (Lipinski definition) is 2. The summed E-state index contributed by atoms with van der Waals surface area (Å²) in [4.78, 5) is 0. The first-order chi connectivity index (χ1) is 3.33. The lowest BCUT2D eigenvalue weighted by molar-refractivity contribution is 0.134. The van der Waals surface area contributed by atoms with Gasteiger partial charge in [0.2, 0.25) is 0 Å². The van der Waals surface area contributed by atoms with E-state index in [1.165, 1.54) is 0 Å². The molecular formula is C4H11N3. The molecule has 7 heavy (non-hydrogen) atoms. The van der Waals surface area contributed by atoms with E-state index in [-0.39, 0.29) is 0 Å². The van der Waals surface area contributed by atoms with E-state index in [4.69, 9.17) is 5.84 Å². The zero-order chi connectivity index (χ0) is 5.28. The van der Waals surface area contributed by atoms with Crippen LogP contribution in [-0.4, -0.2) is 31.2 Å². The van der Waals surface area contributed by atoms with Gasteiger partial charge in [-0.05, 0) is 7.05 Å². The fraction of sp³-hybridized carbons (Fsp3) is 1.00. The zero-order valence-corrected chi connectivity index (χ0v) is 4.52. The Morgan fingerprint density at radius 2 is 2.29 bits per heavy atom. The first-order valence-corrected chi connectivity index (χ1v) is 2.50. The Labute approximate surface area is 43.4 Å². The second-order valence-corrected chi connectivity index (χ2v) is 1.94. The molecule has 0 aliphatic carbocycles.